The molecule has 2 nitrogen and oxygen atoms in total. The highest BCUT2D eigenvalue weighted by atomic mass is 35.5. The number of ketones is 1. The lowest BCUT2D eigenvalue weighted by Gasteiger charge is -2.07. The topological polar surface area (TPSA) is 30.0 Å². The van der Waals surface area contributed by atoms with Crippen LogP contribution in [0.25, 0.3) is 0 Å². The summed E-state index contributed by atoms with van der Waals surface area (Å²) >= 11 is 5.97. The van der Waals surface area contributed by atoms with Crippen molar-refractivity contribution in [1.29, 1.82) is 0 Å². The van der Waals surface area contributed by atoms with E-state index in [0.717, 1.165) is 17.8 Å². The quantitative estimate of drug-likeness (QED) is 0.749. The summed E-state index contributed by atoms with van der Waals surface area (Å²) in [6, 6.07) is 7.31. The Kier molecular flexibility index (Phi) is 4.86. The first-order valence-corrected chi connectivity index (χ1v) is 6.96. The van der Waals surface area contributed by atoms with E-state index in [-0.39, 0.29) is 12.2 Å². The van der Waals surface area contributed by atoms with Crippen LogP contribution in [0.1, 0.15) is 33.6 Å². The van der Waals surface area contributed by atoms with Crippen LogP contribution in [0.3, 0.4) is 0 Å². The van der Waals surface area contributed by atoms with Crippen molar-refractivity contribution in [2.24, 2.45) is 0 Å². The van der Waals surface area contributed by atoms with Gasteiger partial charge in [-0.2, -0.15) is 13.2 Å². The average Bonchev–Trinajstić information content (AvgIpc) is 2.47. The van der Waals surface area contributed by atoms with Crippen LogP contribution in [-0.2, 0) is 12.6 Å². The smallest absolute Gasteiger partial charge is 0.294 e. The van der Waals surface area contributed by atoms with Gasteiger partial charge >= 0.3 is 6.18 Å². The third-order valence-electron chi connectivity index (χ3n) is 3.25. The number of carbonyl (C=O) groups is 1. The third kappa shape index (κ3) is 4.07. The number of hydrogen-bond donors (Lipinski definition) is 0. The van der Waals surface area contributed by atoms with Gasteiger partial charge in [0.2, 0.25) is 0 Å². The Balaban J connectivity index is 2.00. The number of pyridine rings is 1. The lowest BCUT2D eigenvalue weighted by atomic mass is 10.0. The highest BCUT2D eigenvalue weighted by Crippen LogP contribution is 2.27. The molecule has 0 bridgehead atoms. The van der Waals surface area contributed by atoms with Gasteiger partial charge in [-0.05, 0) is 36.6 Å². The number of halogens is 4. The molecule has 116 valence electrons. The molecule has 1 heterocycles. The van der Waals surface area contributed by atoms with Crippen LogP contribution in [-0.4, -0.2) is 10.8 Å². The Bertz CT molecular complexity index is 681. The van der Waals surface area contributed by atoms with E-state index in [1.807, 2.05) is 6.92 Å². The van der Waals surface area contributed by atoms with Gasteiger partial charge in [-0.3, -0.25) is 9.78 Å². The van der Waals surface area contributed by atoms with Crippen molar-refractivity contribution in [2.75, 3.05) is 0 Å². The minimum atomic E-state index is -4.45. The van der Waals surface area contributed by atoms with Crippen molar-refractivity contribution in [3.63, 3.8) is 0 Å². The van der Waals surface area contributed by atoms with Gasteiger partial charge in [0.05, 0.1) is 0 Å². The zero-order chi connectivity index (χ0) is 16.3. The van der Waals surface area contributed by atoms with Gasteiger partial charge in [0.15, 0.2) is 5.78 Å². The van der Waals surface area contributed by atoms with Crippen molar-refractivity contribution >= 4 is 17.4 Å². The second-order valence-corrected chi connectivity index (χ2v) is 5.34. The van der Waals surface area contributed by atoms with Gasteiger partial charge in [0.1, 0.15) is 5.69 Å². The van der Waals surface area contributed by atoms with E-state index < -0.39 is 11.9 Å². The zero-order valence-corrected chi connectivity index (χ0v) is 12.5. The van der Waals surface area contributed by atoms with Crippen molar-refractivity contribution in [2.45, 2.75) is 25.9 Å². The molecule has 0 aliphatic carbocycles. The van der Waals surface area contributed by atoms with Crippen LogP contribution in [0.4, 0.5) is 13.2 Å². The van der Waals surface area contributed by atoms with Gasteiger partial charge in [-0.25, -0.2) is 0 Å². The fourth-order valence-electron chi connectivity index (χ4n) is 1.91. The van der Waals surface area contributed by atoms with E-state index in [1.165, 1.54) is 6.07 Å². The highest BCUT2D eigenvalue weighted by Gasteiger charge is 2.31. The molecule has 0 atom stereocenters. The number of hydrogen-bond acceptors (Lipinski definition) is 2. The van der Waals surface area contributed by atoms with Gasteiger partial charge in [-0.15, -0.1) is 0 Å². The van der Waals surface area contributed by atoms with E-state index in [0.29, 0.717) is 22.6 Å². The van der Waals surface area contributed by atoms with E-state index in [9.17, 15) is 18.0 Å². The summed E-state index contributed by atoms with van der Waals surface area (Å²) in [5.74, 6) is -0.109. The number of Topliss-reactive ketones (excluding diaryl/α,β-unsaturated/α-hetero) is 1. The maximum absolute atomic E-state index is 12.4. The average molecular weight is 328 g/mol. The predicted octanol–water partition coefficient (Wildman–Crippen LogP) is 4.88. The molecule has 2 rings (SSSR count). The molecule has 22 heavy (non-hydrogen) atoms. The molecule has 2 aromatic rings. The van der Waals surface area contributed by atoms with Crippen molar-refractivity contribution in [3.8, 4) is 0 Å². The van der Waals surface area contributed by atoms with Crippen LogP contribution in [0.2, 0.25) is 5.02 Å². The van der Waals surface area contributed by atoms with Gasteiger partial charge < -0.3 is 0 Å². The van der Waals surface area contributed by atoms with Gasteiger partial charge in [0.25, 0.3) is 0 Å². The molecule has 6 heteroatoms. The van der Waals surface area contributed by atoms with Crippen molar-refractivity contribution < 1.29 is 18.0 Å². The number of rotatable bonds is 4. The number of nitrogens with zero attached hydrogens (tertiary/aromatic N) is 1. The van der Waals surface area contributed by atoms with E-state index in [1.54, 1.807) is 18.2 Å². The number of aromatic nitrogens is 1. The summed E-state index contributed by atoms with van der Waals surface area (Å²) in [6.45, 7) is 1.84. The molecule has 0 saturated carbocycles. The van der Waals surface area contributed by atoms with Crippen LogP contribution >= 0.6 is 11.6 Å². The molecular weight excluding hydrogens is 315 g/mol. The van der Waals surface area contributed by atoms with Crippen LogP contribution in [0.5, 0.6) is 0 Å². The lowest BCUT2D eigenvalue weighted by Crippen LogP contribution is -2.08. The standard InChI is InChI=1S/C16H13ClF3NO/c1-10-2-5-12(8-13(10)17)14(22)6-3-11-4-7-15(21-9-11)16(18,19)20/h2,4-5,7-9H,3,6H2,1H3. The maximum Gasteiger partial charge on any atom is 0.433 e. The molecule has 0 spiro atoms. The summed E-state index contributed by atoms with van der Waals surface area (Å²) in [7, 11) is 0. The molecule has 0 unspecified atom stereocenters. The Labute approximate surface area is 130 Å². The molecule has 0 saturated heterocycles. The minimum absolute atomic E-state index is 0.109. The molecule has 1 aromatic carbocycles. The molecule has 1 aromatic heterocycles. The Morgan fingerprint density at radius 2 is 1.95 bits per heavy atom. The molecule has 0 aliphatic heterocycles. The summed E-state index contributed by atoms with van der Waals surface area (Å²) < 4.78 is 37.2. The summed E-state index contributed by atoms with van der Waals surface area (Å²) in [5, 5.41) is 0.516. The predicted molar refractivity (Wildman–Crippen MR) is 78.1 cm³/mol. The van der Waals surface area contributed by atoms with Crippen molar-refractivity contribution in [3.05, 3.63) is 63.9 Å². The number of carbonyl (C=O) groups excluding carboxylic acids is 1. The Morgan fingerprint density at radius 3 is 2.50 bits per heavy atom. The molecule has 0 radical (unpaired) electrons. The van der Waals surface area contributed by atoms with Crippen LogP contribution in [0, 0.1) is 6.92 Å². The fraction of sp³-hybridized carbons (Fsp3) is 0.250. The van der Waals surface area contributed by atoms with Crippen LogP contribution in [0.15, 0.2) is 36.5 Å². The zero-order valence-electron chi connectivity index (χ0n) is 11.7. The van der Waals surface area contributed by atoms with Gasteiger partial charge in [0, 0.05) is 23.2 Å². The third-order valence-corrected chi connectivity index (χ3v) is 3.66. The first kappa shape index (κ1) is 16.5. The first-order valence-electron chi connectivity index (χ1n) is 6.59. The summed E-state index contributed by atoms with van der Waals surface area (Å²) in [6.07, 6.45) is -2.78. The number of alkyl halides is 3. The highest BCUT2D eigenvalue weighted by molar-refractivity contribution is 6.31. The second kappa shape index (κ2) is 6.48. The second-order valence-electron chi connectivity index (χ2n) is 4.94. The molecule has 0 N–H and O–H groups in total. The lowest BCUT2D eigenvalue weighted by molar-refractivity contribution is -0.141. The normalized spacial score (nSPS) is 11.5. The molecule has 0 aliphatic rings. The van der Waals surface area contributed by atoms with E-state index >= 15 is 0 Å². The molecule has 0 fully saturated rings. The summed E-state index contributed by atoms with van der Waals surface area (Å²) in [5.41, 5.74) is 1.02. The van der Waals surface area contributed by atoms with E-state index in [2.05, 4.69) is 4.98 Å². The van der Waals surface area contributed by atoms with Gasteiger partial charge in [-0.1, -0.05) is 29.8 Å². The maximum atomic E-state index is 12.4. The summed E-state index contributed by atoms with van der Waals surface area (Å²) in [4.78, 5) is 15.4. The number of benzene rings is 1. The molecule has 0 amide bonds. The van der Waals surface area contributed by atoms with E-state index in [4.69, 9.17) is 11.6 Å². The molecular formula is C16H13ClF3NO. The Hall–Kier alpha value is -1.88. The monoisotopic (exact) mass is 327 g/mol. The number of aryl methyl sites for hydroxylation is 2. The minimum Gasteiger partial charge on any atom is -0.294 e. The largest absolute Gasteiger partial charge is 0.433 e. The van der Waals surface area contributed by atoms with Crippen molar-refractivity contribution in [1.82, 2.24) is 4.98 Å². The fourth-order valence-corrected chi connectivity index (χ4v) is 2.09. The SMILES string of the molecule is Cc1ccc(C(=O)CCc2ccc(C(F)(F)F)nc2)cc1Cl. The first-order chi connectivity index (χ1) is 10.3. The van der Waals surface area contributed by atoms with Crippen LogP contribution < -0.4 is 0 Å². The Morgan fingerprint density at radius 1 is 1.23 bits per heavy atom.